The molecule has 1 aliphatic heterocycles. The van der Waals surface area contributed by atoms with Gasteiger partial charge in [-0.1, -0.05) is 12.1 Å². The molecule has 1 saturated heterocycles. The third-order valence-corrected chi connectivity index (χ3v) is 4.14. The highest BCUT2D eigenvalue weighted by atomic mass is 19.4. The van der Waals surface area contributed by atoms with Crippen molar-refractivity contribution in [2.45, 2.75) is 25.6 Å². The van der Waals surface area contributed by atoms with Gasteiger partial charge in [0.1, 0.15) is 5.82 Å². The Labute approximate surface area is 143 Å². The fraction of sp³-hybridized carbons (Fsp3) is 0.333. The highest BCUT2D eigenvalue weighted by molar-refractivity contribution is 5.94. The topological polar surface area (TPSA) is 45.2 Å². The molecule has 0 unspecified atom stereocenters. The monoisotopic (exact) mass is 349 g/mol. The van der Waals surface area contributed by atoms with Gasteiger partial charge < -0.3 is 10.2 Å². The number of nitrogens with one attached hydrogen (secondary N) is 1. The van der Waals surface area contributed by atoms with Crippen LogP contribution in [0, 0.1) is 0 Å². The number of aromatic nitrogens is 1. The molecule has 7 heteroatoms. The lowest BCUT2D eigenvalue weighted by Gasteiger charge is -2.16. The number of carbonyl (C=O) groups is 1. The molecule has 1 fully saturated rings. The molecule has 1 aliphatic rings. The lowest BCUT2D eigenvalue weighted by molar-refractivity contribution is -0.137. The summed E-state index contributed by atoms with van der Waals surface area (Å²) in [6.07, 6.45) is -0.460. The van der Waals surface area contributed by atoms with Crippen LogP contribution in [0.5, 0.6) is 0 Å². The molecule has 1 N–H and O–H groups in total. The number of pyridine rings is 1. The van der Waals surface area contributed by atoms with Crippen molar-refractivity contribution in [3.63, 3.8) is 0 Å². The fourth-order valence-corrected chi connectivity index (χ4v) is 2.78. The van der Waals surface area contributed by atoms with Crippen LogP contribution >= 0.6 is 0 Å². The van der Waals surface area contributed by atoms with E-state index in [1.165, 1.54) is 12.1 Å². The van der Waals surface area contributed by atoms with Gasteiger partial charge in [-0.3, -0.25) is 4.79 Å². The molecule has 2 aromatic rings. The van der Waals surface area contributed by atoms with Crippen LogP contribution in [0.2, 0.25) is 0 Å². The normalized spacial score (nSPS) is 14.6. The van der Waals surface area contributed by atoms with Crippen molar-refractivity contribution >= 4 is 11.7 Å². The van der Waals surface area contributed by atoms with E-state index in [9.17, 15) is 18.0 Å². The van der Waals surface area contributed by atoms with Gasteiger partial charge in [0.25, 0.3) is 5.91 Å². The van der Waals surface area contributed by atoms with E-state index in [1.807, 2.05) is 12.1 Å². The number of alkyl halides is 3. The number of hydrogen-bond donors (Lipinski definition) is 1. The van der Waals surface area contributed by atoms with Crippen LogP contribution in [0.3, 0.4) is 0 Å². The molecule has 0 bridgehead atoms. The van der Waals surface area contributed by atoms with Crippen molar-refractivity contribution in [1.82, 2.24) is 10.3 Å². The van der Waals surface area contributed by atoms with Gasteiger partial charge in [-0.15, -0.1) is 0 Å². The fourth-order valence-electron chi connectivity index (χ4n) is 2.78. The van der Waals surface area contributed by atoms with E-state index in [0.717, 1.165) is 49.4 Å². The molecule has 0 saturated carbocycles. The van der Waals surface area contributed by atoms with Crippen molar-refractivity contribution in [2.75, 3.05) is 18.0 Å². The van der Waals surface area contributed by atoms with Gasteiger partial charge in [-0.25, -0.2) is 4.98 Å². The summed E-state index contributed by atoms with van der Waals surface area (Å²) in [5.41, 5.74) is -0.0588. The molecule has 2 heterocycles. The number of rotatable bonds is 4. The van der Waals surface area contributed by atoms with E-state index in [4.69, 9.17) is 0 Å². The summed E-state index contributed by atoms with van der Waals surface area (Å²) in [4.78, 5) is 18.6. The summed E-state index contributed by atoms with van der Waals surface area (Å²) in [5.74, 6) is 0.361. The quantitative estimate of drug-likeness (QED) is 0.917. The molecule has 0 radical (unpaired) electrons. The highest BCUT2D eigenvalue weighted by Gasteiger charge is 2.30. The number of nitrogens with zero attached hydrogens (tertiary/aromatic N) is 2. The van der Waals surface area contributed by atoms with Crippen LogP contribution in [-0.2, 0) is 12.7 Å². The Hall–Kier alpha value is -2.57. The van der Waals surface area contributed by atoms with Crippen molar-refractivity contribution in [1.29, 1.82) is 0 Å². The van der Waals surface area contributed by atoms with Crippen LogP contribution in [0.4, 0.5) is 19.0 Å². The average Bonchev–Trinajstić information content (AvgIpc) is 3.14. The molecule has 0 aliphatic carbocycles. The second-order valence-electron chi connectivity index (χ2n) is 5.98. The maximum absolute atomic E-state index is 12.7. The minimum Gasteiger partial charge on any atom is -0.357 e. The van der Waals surface area contributed by atoms with Gasteiger partial charge in [-0.2, -0.15) is 13.2 Å². The Kier molecular flexibility index (Phi) is 4.92. The first-order chi connectivity index (χ1) is 11.9. The lowest BCUT2D eigenvalue weighted by atomic mass is 10.1. The first-order valence-corrected chi connectivity index (χ1v) is 8.09. The highest BCUT2D eigenvalue weighted by Crippen LogP contribution is 2.29. The van der Waals surface area contributed by atoms with Crippen molar-refractivity contribution < 1.29 is 18.0 Å². The second kappa shape index (κ2) is 7.13. The van der Waals surface area contributed by atoms with Gasteiger partial charge in [-0.05, 0) is 42.7 Å². The molecule has 0 spiro atoms. The van der Waals surface area contributed by atoms with Crippen LogP contribution < -0.4 is 10.2 Å². The molecule has 1 aromatic carbocycles. The smallest absolute Gasteiger partial charge is 0.357 e. The van der Waals surface area contributed by atoms with E-state index < -0.39 is 17.6 Å². The predicted molar refractivity (Wildman–Crippen MR) is 88.3 cm³/mol. The number of benzene rings is 1. The van der Waals surface area contributed by atoms with Crippen LogP contribution in [0.25, 0.3) is 0 Å². The molecular weight excluding hydrogens is 331 g/mol. The minimum atomic E-state index is -4.47. The summed E-state index contributed by atoms with van der Waals surface area (Å²) >= 11 is 0. The van der Waals surface area contributed by atoms with E-state index in [0.29, 0.717) is 0 Å². The van der Waals surface area contributed by atoms with E-state index in [2.05, 4.69) is 15.2 Å². The van der Waals surface area contributed by atoms with Crippen molar-refractivity contribution in [2.24, 2.45) is 0 Å². The number of halogens is 3. The number of carbonyl (C=O) groups excluding carboxylic acids is 1. The number of amides is 1. The van der Waals surface area contributed by atoms with Gasteiger partial charge in [0.05, 0.1) is 5.56 Å². The van der Waals surface area contributed by atoms with Gasteiger partial charge >= 0.3 is 6.18 Å². The van der Waals surface area contributed by atoms with Crippen molar-refractivity contribution in [3.05, 3.63) is 59.3 Å². The zero-order valence-corrected chi connectivity index (χ0v) is 13.5. The molecule has 1 amide bonds. The SMILES string of the molecule is O=C(NCc1ccc(N2CCCC2)nc1)c1cccc(C(F)(F)F)c1. The third kappa shape index (κ3) is 4.29. The lowest BCUT2D eigenvalue weighted by Crippen LogP contribution is -2.23. The third-order valence-electron chi connectivity index (χ3n) is 4.14. The Bertz CT molecular complexity index is 738. The number of hydrogen-bond acceptors (Lipinski definition) is 3. The number of anilines is 1. The average molecular weight is 349 g/mol. The van der Waals surface area contributed by atoms with Gasteiger partial charge in [0.15, 0.2) is 0 Å². The largest absolute Gasteiger partial charge is 0.416 e. The summed E-state index contributed by atoms with van der Waals surface area (Å²) < 4.78 is 38.1. The van der Waals surface area contributed by atoms with Crippen molar-refractivity contribution in [3.8, 4) is 0 Å². The zero-order valence-electron chi connectivity index (χ0n) is 13.5. The van der Waals surface area contributed by atoms with Crippen LogP contribution in [0.1, 0.15) is 34.3 Å². The maximum Gasteiger partial charge on any atom is 0.416 e. The maximum atomic E-state index is 12.7. The standard InChI is InChI=1S/C18H18F3N3O/c19-18(20,21)15-5-3-4-14(10-15)17(25)23-12-13-6-7-16(22-11-13)24-8-1-2-9-24/h3-7,10-11H,1-2,8-9,12H2,(H,23,25). The molecule has 132 valence electrons. The van der Waals surface area contributed by atoms with E-state index in [1.54, 1.807) is 6.20 Å². The molecule has 25 heavy (non-hydrogen) atoms. The zero-order chi connectivity index (χ0) is 17.9. The Morgan fingerprint density at radius 2 is 1.92 bits per heavy atom. The first kappa shape index (κ1) is 17.3. The van der Waals surface area contributed by atoms with Crippen LogP contribution in [0.15, 0.2) is 42.6 Å². The van der Waals surface area contributed by atoms with E-state index in [-0.39, 0.29) is 12.1 Å². The Morgan fingerprint density at radius 1 is 1.16 bits per heavy atom. The molecule has 1 aromatic heterocycles. The summed E-state index contributed by atoms with van der Waals surface area (Å²) in [5, 5.41) is 2.62. The van der Waals surface area contributed by atoms with Gasteiger partial charge in [0, 0.05) is 31.4 Å². The Balaban J connectivity index is 1.60. The molecule has 4 nitrogen and oxygen atoms in total. The van der Waals surface area contributed by atoms with Gasteiger partial charge in [0.2, 0.25) is 0 Å². The second-order valence-corrected chi connectivity index (χ2v) is 5.98. The summed E-state index contributed by atoms with van der Waals surface area (Å²) in [6, 6.07) is 8.15. The molecular formula is C18H18F3N3O. The first-order valence-electron chi connectivity index (χ1n) is 8.09. The van der Waals surface area contributed by atoms with Crippen LogP contribution in [-0.4, -0.2) is 24.0 Å². The minimum absolute atomic E-state index is 0.0172. The summed E-state index contributed by atoms with van der Waals surface area (Å²) in [6.45, 7) is 2.21. The molecule has 0 atom stereocenters. The van der Waals surface area contributed by atoms with E-state index >= 15 is 0 Å². The Morgan fingerprint density at radius 3 is 2.56 bits per heavy atom. The molecule has 3 rings (SSSR count). The predicted octanol–water partition coefficient (Wildman–Crippen LogP) is 3.63. The summed E-state index contributed by atoms with van der Waals surface area (Å²) in [7, 11) is 0.